The summed E-state index contributed by atoms with van der Waals surface area (Å²) in [5.41, 5.74) is 11.2. The van der Waals surface area contributed by atoms with Crippen molar-refractivity contribution in [3.8, 4) is 78.1 Å². The number of benzene rings is 5. The number of thiophene rings is 1. The Morgan fingerprint density at radius 2 is 0.873 bits per heavy atom. The van der Waals surface area contributed by atoms with Crippen LogP contribution in [0.5, 0.6) is 0 Å². The van der Waals surface area contributed by atoms with Crippen molar-refractivity contribution in [3.63, 3.8) is 0 Å². The van der Waals surface area contributed by atoms with Crippen LogP contribution in [0.25, 0.3) is 99.1 Å². The van der Waals surface area contributed by atoms with Gasteiger partial charge >= 0.3 is 0 Å². The molecule has 0 bridgehead atoms. The van der Waals surface area contributed by atoms with E-state index in [1.165, 1.54) is 0 Å². The zero-order chi connectivity index (χ0) is 36.6. The largest absolute Gasteiger partial charge is 0.264 e. The molecule has 5 aromatic heterocycles. The van der Waals surface area contributed by atoms with E-state index >= 15 is 0 Å². The van der Waals surface area contributed by atoms with Crippen LogP contribution in [0.15, 0.2) is 183 Å². The molecule has 0 saturated heterocycles. The molecule has 0 aliphatic carbocycles. The van der Waals surface area contributed by atoms with Crippen molar-refractivity contribution >= 4 is 32.3 Å². The lowest BCUT2D eigenvalue weighted by atomic mass is 9.94. The van der Waals surface area contributed by atoms with Gasteiger partial charge < -0.3 is 0 Å². The van der Waals surface area contributed by atoms with Crippen LogP contribution in [0.1, 0.15) is 0 Å². The van der Waals surface area contributed by atoms with E-state index in [-0.39, 0.29) is 0 Å². The Hall–Kier alpha value is -7.22. The molecule has 0 spiro atoms. The molecule has 0 amide bonds. The lowest BCUT2D eigenvalue weighted by Gasteiger charge is -2.12. The number of aromatic nitrogens is 6. The number of hydrogen-bond donors (Lipinski definition) is 0. The second-order valence-electron chi connectivity index (χ2n) is 13.2. The fourth-order valence-corrected chi connectivity index (χ4v) is 8.41. The van der Waals surface area contributed by atoms with Crippen LogP contribution < -0.4 is 0 Å². The summed E-state index contributed by atoms with van der Waals surface area (Å²) in [6, 6.07) is 53.9. The molecule has 0 unspecified atom stereocenters. The summed E-state index contributed by atoms with van der Waals surface area (Å²) in [7, 11) is 0. The molecule has 7 heteroatoms. The second-order valence-corrected chi connectivity index (χ2v) is 14.2. The van der Waals surface area contributed by atoms with Gasteiger partial charge in [-0.05, 0) is 35.4 Å². The molecule has 258 valence electrons. The summed E-state index contributed by atoms with van der Waals surface area (Å²) in [4.78, 5) is 30.2. The number of pyridine rings is 3. The Balaban J connectivity index is 1.14. The molecule has 10 rings (SSSR count). The lowest BCUT2D eigenvalue weighted by molar-refractivity contribution is 1.07. The molecule has 0 fully saturated rings. The van der Waals surface area contributed by atoms with Crippen molar-refractivity contribution < 1.29 is 0 Å². The smallest absolute Gasteiger partial charge is 0.164 e. The standard InChI is InChI=1S/C48H30N6S/c1-4-12-32(13-5-1)43-45-42(41(37-18-10-26-49-29-37)44(55-45)38-19-11-27-50-30-38)39-28-36(24-25-40(39)51-43)31-20-22-35(23-21-31)48-53-46(33-14-6-2-7-15-33)52-47(54-48)34-16-8-3-9-17-34/h1-30H. The van der Waals surface area contributed by atoms with E-state index in [1.807, 2.05) is 104 Å². The lowest BCUT2D eigenvalue weighted by Crippen LogP contribution is -2.00. The SMILES string of the molecule is c1ccc(-c2nc(-c3ccccc3)nc(-c3ccc(-c4ccc5nc(-c6ccccc6)c6sc(-c7cccnc7)c(-c7cccnc7)c6c5c4)cc3)n2)cc1. The van der Waals surface area contributed by atoms with E-state index in [1.54, 1.807) is 11.3 Å². The first kappa shape index (κ1) is 32.4. The maximum absolute atomic E-state index is 5.33. The summed E-state index contributed by atoms with van der Waals surface area (Å²) in [5.74, 6) is 1.90. The van der Waals surface area contributed by atoms with E-state index in [4.69, 9.17) is 19.9 Å². The van der Waals surface area contributed by atoms with Crippen molar-refractivity contribution in [3.05, 3.63) is 183 Å². The third kappa shape index (κ3) is 6.12. The summed E-state index contributed by atoms with van der Waals surface area (Å²) in [6.07, 6.45) is 7.52. The van der Waals surface area contributed by atoms with Gasteiger partial charge in [0.2, 0.25) is 0 Å². The fourth-order valence-electron chi connectivity index (χ4n) is 7.07. The summed E-state index contributed by atoms with van der Waals surface area (Å²) in [5, 5.41) is 2.24. The number of fused-ring (bicyclic) bond motifs is 3. The molecule has 6 nitrogen and oxygen atoms in total. The first-order valence-corrected chi connectivity index (χ1v) is 18.8. The molecule has 0 aliphatic rings. The van der Waals surface area contributed by atoms with Gasteiger partial charge in [0.25, 0.3) is 0 Å². The minimum absolute atomic E-state index is 0.624. The topological polar surface area (TPSA) is 77.3 Å². The molecule has 55 heavy (non-hydrogen) atoms. The van der Waals surface area contributed by atoms with Crippen molar-refractivity contribution in [2.45, 2.75) is 0 Å². The molecule has 0 saturated carbocycles. The third-order valence-corrected chi connectivity index (χ3v) is 11.0. The molecular weight excluding hydrogens is 693 g/mol. The highest BCUT2D eigenvalue weighted by atomic mass is 32.1. The quantitative estimate of drug-likeness (QED) is 0.163. The summed E-state index contributed by atoms with van der Waals surface area (Å²) >= 11 is 1.76. The first-order valence-electron chi connectivity index (χ1n) is 18.0. The van der Waals surface area contributed by atoms with E-state index in [0.717, 1.165) is 81.6 Å². The zero-order valence-corrected chi connectivity index (χ0v) is 30.2. The Labute approximate surface area is 321 Å². The highest BCUT2D eigenvalue weighted by Crippen LogP contribution is 2.50. The van der Waals surface area contributed by atoms with Crippen LogP contribution in [-0.4, -0.2) is 29.9 Å². The van der Waals surface area contributed by atoms with E-state index in [0.29, 0.717) is 17.5 Å². The first-order chi connectivity index (χ1) is 27.3. The molecule has 0 atom stereocenters. The maximum Gasteiger partial charge on any atom is 0.164 e. The van der Waals surface area contributed by atoms with E-state index in [2.05, 4.69) is 88.8 Å². The van der Waals surface area contributed by atoms with Gasteiger partial charge in [0.1, 0.15) is 0 Å². The zero-order valence-electron chi connectivity index (χ0n) is 29.4. The van der Waals surface area contributed by atoms with E-state index in [9.17, 15) is 0 Å². The van der Waals surface area contributed by atoms with Crippen molar-refractivity contribution in [2.24, 2.45) is 0 Å². The summed E-state index contributed by atoms with van der Waals surface area (Å²) in [6.45, 7) is 0. The molecule has 0 aliphatic heterocycles. The molecule has 5 heterocycles. The third-order valence-electron chi connectivity index (χ3n) is 9.72. The van der Waals surface area contributed by atoms with Gasteiger partial charge in [0, 0.05) is 79.4 Å². The van der Waals surface area contributed by atoms with Crippen LogP contribution in [0.4, 0.5) is 0 Å². The van der Waals surface area contributed by atoms with Crippen molar-refractivity contribution in [1.82, 2.24) is 29.9 Å². The number of hydrogen-bond acceptors (Lipinski definition) is 7. The molecule has 10 aromatic rings. The minimum Gasteiger partial charge on any atom is -0.264 e. The minimum atomic E-state index is 0.624. The number of rotatable bonds is 7. The predicted octanol–water partition coefficient (Wildman–Crippen LogP) is 12.1. The Bertz CT molecular complexity index is 2880. The normalized spacial score (nSPS) is 11.3. The Morgan fingerprint density at radius 1 is 0.382 bits per heavy atom. The van der Waals surface area contributed by atoms with Gasteiger partial charge in [0.15, 0.2) is 17.5 Å². The van der Waals surface area contributed by atoms with Crippen LogP contribution in [0.3, 0.4) is 0 Å². The van der Waals surface area contributed by atoms with Crippen LogP contribution >= 0.6 is 11.3 Å². The highest BCUT2D eigenvalue weighted by molar-refractivity contribution is 7.23. The fraction of sp³-hybridized carbons (Fsp3) is 0. The van der Waals surface area contributed by atoms with Gasteiger partial charge in [-0.1, -0.05) is 133 Å². The predicted molar refractivity (Wildman–Crippen MR) is 224 cm³/mol. The molecule has 0 N–H and O–H groups in total. The molecular formula is C48H30N6S. The average molecular weight is 723 g/mol. The van der Waals surface area contributed by atoms with Crippen LogP contribution in [0, 0.1) is 0 Å². The van der Waals surface area contributed by atoms with Gasteiger partial charge in [-0.15, -0.1) is 11.3 Å². The van der Waals surface area contributed by atoms with Gasteiger partial charge in [-0.2, -0.15) is 0 Å². The van der Waals surface area contributed by atoms with E-state index < -0.39 is 0 Å². The van der Waals surface area contributed by atoms with Crippen LogP contribution in [0.2, 0.25) is 0 Å². The highest BCUT2D eigenvalue weighted by Gasteiger charge is 2.23. The summed E-state index contributed by atoms with van der Waals surface area (Å²) < 4.78 is 1.13. The van der Waals surface area contributed by atoms with Crippen molar-refractivity contribution in [1.29, 1.82) is 0 Å². The molecule has 0 radical (unpaired) electrons. The second kappa shape index (κ2) is 14.0. The van der Waals surface area contributed by atoms with Gasteiger partial charge in [-0.3, -0.25) is 9.97 Å². The molecule has 5 aromatic carbocycles. The number of nitrogens with zero attached hydrogens (tertiary/aromatic N) is 6. The Kier molecular flexibility index (Phi) is 8.24. The van der Waals surface area contributed by atoms with Crippen molar-refractivity contribution in [2.75, 3.05) is 0 Å². The van der Waals surface area contributed by atoms with Crippen LogP contribution in [-0.2, 0) is 0 Å². The maximum atomic E-state index is 5.33. The Morgan fingerprint density at radius 3 is 1.44 bits per heavy atom. The average Bonchev–Trinajstić information content (AvgIpc) is 3.69. The van der Waals surface area contributed by atoms with Gasteiger partial charge in [0.05, 0.1) is 15.9 Å². The monoisotopic (exact) mass is 722 g/mol. The van der Waals surface area contributed by atoms with Gasteiger partial charge in [-0.25, -0.2) is 19.9 Å².